The summed E-state index contributed by atoms with van der Waals surface area (Å²) < 4.78 is 10.1. The Morgan fingerprint density at radius 2 is 2.00 bits per heavy atom. The second-order valence-electron chi connectivity index (χ2n) is 2.03. The maximum Gasteiger partial charge on any atom is 0.107 e. The molecule has 0 amide bonds. The minimum Gasteiger partial charge on any atom is -0.381 e. The summed E-state index contributed by atoms with van der Waals surface area (Å²) in [6, 6.07) is 0. The first-order chi connectivity index (χ1) is 5.91. The Bertz CT molecular complexity index is 122. The summed E-state index contributed by atoms with van der Waals surface area (Å²) in [5, 5.41) is 11.0. The predicted molar refractivity (Wildman–Crippen MR) is 45.6 cm³/mol. The lowest BCUT2D eigenvalue weighted by Gasteiger charge is -2.03. The molecule has 0 aliphatic rings. The molecule has 0 unspecified atom stereocenters. The lowest BCUT2D eigenvalue weighted by atomic mass is 10.6. The monoisotopic (exact) mass is 173 g/mol. The molecule has 0 atom stereocenters. The van der Waals surface area contributed by atoms with Crippen LogP contribution in [0.1, 0.15) is 0 Å². The number of rotatable bonds is 8. The van der Waals surface area contributed by atoms with E-state index in [1.54, 1.807) is 0 Å². The Labute approximate surface area is 72.9 Å². The van der Waals surface area contributed by atoms with Gasteiger partial charge in [0.15, 0.2) is 0 Å². The van der Waals surface area contributed by atoms with Gasteiger partial charge in [-0.05, 0) is 0 Å². The van der Waals surface area contributed by atoms with Crippen molar-refractivity contribution in [1.82, 2.24) is 5.32 Å². The fraction of sp³-hybridized carbons (Fsp3) is 0.750. The van der Waals surface area contributed by atoms with Crippen LogP contribution in [0.15, 0.2) is 0 Å². The Balaban J connectivity index is 2.78. The molecule has 0 aromatic heterocycles. The molecule has 70 valence electrons. The Hall–Kier alpha value is -0.600. The minimum atomic E-state index is -0.0169. The highest BCUT2D eigenvalue weighted by Gasteiger charge is 1.87. The third kappa shape index (κ3) is 9.40. The summed E-state index contributed by atoms with van der Waals surface area (Å²) in [5.74, 6) is 2.36. The van der Waals surface area contributed by atoms with Gasteiger partial charge in [-0.1, -0.05) is 5.92 Å². The number of ether oxygens (including phenoxy) is 2. The quantitative estimate of drug-likeness (QED) is 0.286. The largest absolute Gasteiger partial charge is 0.381 e. The molecule has 0 saturated heterocycles. The van der Waals surface area contributed by atoms with Crippen molar-refractivity contribution in [1.29, 1.82) is 0 Å². The van der Waals surface area contributed by atoms with Crippen LogP contribution in [0.3, 0.4) is 0 Å². The standard InChI is InChI=1S/C8H15NO3/c1-2-4-11-6-7-12-5-3-9-8-10/h1,9-10H,3-8H2. The van der Waals surface area contributed by atoms with E-state index < -0.39 is 0 Å². The van der Waals surface area contributed by atoms with Crippen LogP contribution < -0.4 is 5.32 Å². The summed E-state index contributed by atoms with van der Waals surface area (Å²) in [6.07, 6.45) is 4.96. The molecule has 0 heterocycles. The van der Waals surface area contributed by atoms with Crippen LogP contribution in [-0.4, -0.2) is 44.8 Å². The summed E-state index contributed by atoms with van der Waals surface area (Å²) in [6.45, 7) is 2.58. The lowest BCUT2D eigenvalue weighted by molar-refractivity contribution is 0.0594. The van der Waals surface area contributed by atoms with Crippen LogP contribution in [0.2, 0.25) is 0 Å². The topological polar surface area (TPSA) is 50.7 Å². The Morgan fingerprint density at radius 1 is 1.25 bits per heavy atom. The molecule has 0 fully saturated rings. The number of nitrogens with one attached hydrogen (secondary N) is 1. The number of hydrogen-bond donors (Lipinski definition) is 2. The Morgan fingerprint density at radius 3 is 2.67 bits per heavy atom. The molecule has 0 spiro atoms. The smallest absolute Gasteiger partial charge is 0.107 e. The van der Waals surface area contributed by atoms with Crippen LogP contribution in [-0.2, 0) is 9.47 Å². The summed E-state index contributed by atoms with van der Waals surface area (Å²) >= 11 is 0. The van der Waals surface area contributed by atoms with Crippen LogP contribution >= 0.6 is 0 Å². The molecule has 0 aromatic carbocycles. The van der Waals surface area contributed by atoms with Gasteiger partial charge in [0.25, 0.3) is 0 Å². The molecule has 0 aliphatic heterocycles. The van der Waals surface area contributed by atoms with Crippen molar-refractivity contribution in [2.24, 2.45) is 0 Å². The zero-order valence-electron chi connectivity index (χ0n) is 7.08. The van der Waals surface area contributed by atoms with E-state index >= 15 is 0 Å². The first-order valence-electron chi connectivity index (χ1n) is 3.82. The average molecular weight is 173 g/mol. The van der Waals surface area contributed by atoms with Gasteiger partial charge in [-0.25, -0.2) is 0 Å². The van der Waals surface area contributed by atoms with Gasteiger partial charge in [-0.2, -0.15) is 0 Å². The van der Waals surface area contributed by atoms with Gasteiger partial charge >= 0.3 is 0 Å². The zero-order chi connectivity index (χ0) is 9.07. The van der Waals surface area contributed by atoms with Crippen molar-refractivity contribution in [3.8, 4) is 12.3 Å². The first-order valence-corrected chi connectivity index (χ1v) is 3.82. The van der Waals surface area contributed by atoms with Gasteiger partial charge in [0.05, 0.1) is 26.6 Å². The third-order valence-corrected chi connectivity index (χ3v) is 1.09. The van der Waals surface area contributed by atoms with Crippen molar-refractivity contribution in [3.05, 3.63) is 0 Å². The molecular formula is C8H15NO3. The molecule has 4 nitrogen and oxygen atoms in total. The molecule has 2 N–H and O–H groups in total. The van der Waals surface area contributed by atoms with Crippen molar-refractivity contribution in [3.63, 3.8) is 0 Å². The van der Waals surface area contributed by atoms with E-state index in [0.29, 0.717) is 33.0 Å². The van der Waals surface area contributed by atoms with Crippen molar-refractivity contribution < 1.29 is 14.6 Å². The van der Waals surface area contributed by atoms with Crippen LogP contribution in [0.4, 0.5) is 0 Å². The van der Waals surface area contributed by atoms with Crippen LogP contribution in [0.25, 0.3) is 0 Å². The average Bonchev–Trinajstić information content (AvgIpc) is 2.10. The van der Waals surface area contributed by atoms with Crippen molar-refractivity contribution >= 4 is 0 Å². The molecule has 0 bridgehead atoms. The zero-order valence-corrected chi connectivity index (χ0v) is 7.08. The highest BCUT2D eigenvalue weighted by Crippen LogP contribution is 1.76. The van der Waals surface area contributed by atoms with Gasteiger partial charge in [0.2, 0.25) is 0 Å². The molecule has 0 aromatic rings. The molecule has 0 saturated carbocycles. The second-order valence-corrected chi connectivity index (χ2v) is 2.03. The molecular weight excluding hydrogens is 158 g/mol. The Kier molecular flexibility index (Phi) is 9.88. The summed E-state index contributed by atoms with van der Waals surface area (Å²) in [4.78, 5) is 0. The lowest BCUT2D eigenvalue weighted by Crippen LogP contribution is -2.21. The van der Waals surface area contributed by atoms with E-state index in [1.165, 1.54) is 0 Å². The number of hydrogen-bond acceptors (Lipinski definition) is 4. The molecule has 12 heavy (non-hydrogen) atoms. The number of aliphatic hydroxyl groups is 1. The van der Waals surface area contributed by atoms with Crippen LogP contribution in [0, 0.1) is 12.3 Å². The third-order valence-electron chi connectivity index (χ3n) is 1.09. The fourth-order valence-corrected chi connectivity index (χ4v) is 0.574. The van der Waals surface area contributed by atoms with E-state index in [0.717, 1.165) is 0 Å². The molecule has 4 heteroatoms. The second kappa shape index (κ2) is 10.4. The highest BCUT2D eigenvalue weighted by molar-refractivity contribution is 4.82. The van der Waals surface area contributed by atoms with E-state index in [-0.39, 0.29) is 6.73 Å². The number of aliphatic hydroxyl groups excluding tert-OH is 1. The van der Waals surface area contributed by atoms with Crippen LogP contribution in [0.5, 0.6) is 0 Å². The van der Waals surface area contributed by atoms with E-state index in [4.69, 9.17) is 21.0 Å². The SMILES string of the molecule is C#CCOCCOCCNCO. The van der Waals surface area contributed by atoms with Crippen molar-refractivity contribution in [2.75, 3.05) is 39.7 Å². The van der Waals surface area contributed by atoms with Gasteiger partial charge < -0.3 is 14.6 Å². The van der Waals surface area contributed by atoms with Gasteiger partial charge in [-0.15, -0.1) is 6.42 Å². The van der Waals surface area contributed by atoms with Crippen molar-refractivity contribution in [2.45, 2.75) is 0 Å². The molecule has 0 rings (SSSR count). The number of terminal acetylenes is 1. The predicted octanol–water partition coefficient (Wildman–Crippen LogP) is -0.808. The summed E-state index contributed by atoms with van der Waals surface area (Å²) in [5.41, 5.74) is 0. The summed E-state index contributed by atoms with van der Waals surface area (Å²) in [7, 11) is 0. The molecule has 0 aliphatic carbocycles. The van der Waals surface area contributed by atoms with E-state index in [1.807, 2.05) is 0 Å². The van der Waals surface area contributed by atoms with Gasteiger partial charge in [0.1, 0.15) is 6.61 Å². The van der Waals surface area contributed by atoms with E-state index in [2.05, 4.69) is 11.2 Å². The van der Waals surface area contributed by atoms with Gasteiger partial charge in [-0.3, -0.25) is 5.32 Å². The highest BCUT2D eigenvalue weighted by atomic mass is 16.5. The van der Waals surface area contributed by atoms with E-state index in [9.17, 15) is 0 Å². The van der Waals surface area contributed by atoms with Gasteiger partial charge in [0, 0.05) is 6.54 Å². The minimum absolute atomic E-state index is 0.0169. The normalized spacial score (nSPS) is 9.67. The maximum atomic E-state index is 8.33. The first kappa shape index (κ1) is 11.4. The molecule has 0 radical (unpaired) electrons. The fourth-order valence-electron chi connectivity index (χ4n) is 0.574. The maximum absolute atomic E-state index is 8.33.